The first-order chi connectivity index (χ1) is 8.61. The van der Waals surface area contributed by atoms with Crippen LogP contribution in [0, 0.1) is 5.41 Å². The third-order valence-electron chi connectivity index (χ3n) is 3.60. The topological polar surface area (TPSA) is 38.5 Å². The van der Waals surface area contributed by atoms with Gasteiger partial charge in [0.1, 0.15) is 12.4 Å². The summed E-state index contributed by atoms with van der Waals surface area (Å²) in [4.78, 5) is 2.44. The number of likely N-dealkylation sites (tertiary alicyclic amines) is 1. The average molecular weight is 313 g/mol. The van der Waals surface area contributed by atoms with Crippen molar-refractivity contribution in [1.29, 1.82) is 0 Å². The second-order valence-electron chi connectivity index (χ2n) is 5.35. The molecule has 2 rings (SSSR count). The van der Waals surface area contributed by atoms with E-state index in [-0.39, 0.29) is 0 Å². The van der Waals surface area contributed by atoms with Crippen LogP contribution in [0.1, 0.15) is 13.3 Å². The van der Waals surface area contributed by atoms with Crippen molar-refractivity contribution in [2.45, 2.75) is 13.3 Å². The zero-order valence-corrected chi connectivity index (χ0v) is 12.4. The molecule has 0 aromatic heterocycles. The van der Waals surface area contributed by atoms with E-state index in [1.807, 2.05) is 24.3 Å². The van der Waals surface area contributed by atoms with Crippen molar-refractivity contribution in [3.8, 4) is 5.75 Å². The number of nitrogens with zero attached hydrogens (tertiary/aromatic N) is 1. The van der Waals surface area contributed by atoms with Crippen molar-refractivity contribution in [3.63, 3.8) is 0 Å². The van der Waals surface area contributed by atoms with Gasteiger partial charge >= 0.3 is 0 Å². The second-order valence-corrected chi connectivity index (χ2v) is 6.26. The van der Waals surface area contributed by atoms with Gasteiger partial charge in [-0.2, -0.15) is 0 Å². The van der Waals surface area contributed by atoms with Gasteiger partial charge in [0.15, 0.2) is 0 Å². The molecule has 18 heavy (non-hydrogen) atoms. The SMILES string of the molecule is CC1(CN)CCN(CCOc2cccc(Br)c2)C1. The summed E-state index contributed by atoms with van der Waals surface area (Å²) in [5.74, 6) is 0.921. The summed E-state index contributed by atoms with van der Waals surface area (Å²) in [5, 5.41) is 0. The fraction of sp³-hybridized carbons (Fsp3) is 0.571. The van der Waals surface area contributed by atoms with Gasteiger partial charge < -0.3 is 10.5 Å². The van der Waals surface area contributed by atoms with Crippen LogP contribution in [0.5, 0.6) is 5.75 Å². The Kier molecular flexibility index (Phi) is 4.65. The van der Waals surface area contributed by atoms with Crippen molar-refractivity contribution in [2.24, 2.45) is 11.1 Å². The Morgan fingerprint density at radius 1 is 1.50 bits per heavy atom. The van der Waals surface area contributed by atoms with E-state index in [0.29, 0.717) is 5.41 Å². The number of benzene rings is 1. The maximum atomic E-state index is 5.80. The summed E-state index contributed by atoms with van der Waals surface area (Å²) in [6.07, 6.45) is 1.19. The van der Waals surface area contributed by atoms with Gasteiger partial charge in [-0.15, -0.1) is 0 Å². The predicted molar refractivity (Wildman–Crippen MR) is 77.9 cm³/mol. The number of ether oxygens (including phenoxy) is 1. The molecule has 1 aliphatic rings. The molecule has 1 saturated heterocycles. The lowest BCUT2D eigenvalue weighted by atomic mass is 9.90. The molecule has 1 aliphatic heterocycles. The standard InChI is InChI=1S/C14H21BrN2O/c1-14(10-16)5-6-17(11-14)7-8-18-13-4-2-3-12(15)9-13/h2-4,9H,5-8,10-11,16H2,1H3. The van der Waals surface area contributed by atoms with Gasteiger partial charge in [0.2, 0.25) is 0 Å². The number of rotatable bonds is 5. The Balaban J connectivity index is 1.73. The van der Waals surface area contributed by atoms with Gasteiger partial charge in [-0.25, -0.2) is 0 Å². The fourth-order valence-electron chi connectivity index (χ4n) is 2.33. The highest BCUT2D eigenvalue weighted by Crippen LogP contribution is 2.28. The van der Waals surface area contributed by atoms with Crippen molar-refractivity contribution in [1.82, 2.24) is 4.90 Å². The van der Waals surface area contributed by atoms with E-state index in [0.717, 1.165) is 43.0 Å². The molecule has 4 heteroatoms. The number of hydrogen-bond donors (Lipinski definition) is 1. The Hall–Kier alpha value is -0.580. The van der Waals surface area contributed by atoms with E-state index in [1.54, 1.807) is 0 Å². The molecule has 1 fully saturated rings. The fourth-order valence-corrected chi connectivity index (χ4v) is 2.71. The second kappa shape index (κ2) is 6.04. The summed E-state index contributed by atoms with van der Waals surface area (Å²) in [6.45, 7) is 6.97. The van der Waals surface area contributed by atoms with Crippen LogP contribution in [0.25, 0.3) is 0 Å². The largest absolute Gasteiger partial charge is 0.492 e. The number of hydrogen-bond acceptors (Lipinski definition) is 3. The van der Waals surface area contributed by atoms with Gasteiger partial charge in [0.25, 0.3) is 0 Å². The maximum absolute atomic E-state index is 5.80. The molecule has 0 aliphatic carbocycles. The summed E-state index contributed by atoms with van der Waals surface area (Å²) >= 11 is 3.44. The molecule has 3 nitrogen and oxygen atoms in total. The molecule has 1 atom stereocenters. The van der Waals surface area contributed by atoms with Crippen molar-refractivity contribution >= 4 is 15.9 Å². The van der Waals surface area contributed by atoms with E-state index in [9.17, 15) is 0 Å². The quantitative estimate of drug-likeness (QED) is 0.908. The van der Waals surface area contributed by atoms with E-state index in [4.69, 9.17) is 10.5 Å². The highest BCUT2D eigenvalue weighted by molar-refractivity contribution is 9.10. The molecule has 1 heterocycles. The van der Waals surface area contributed by atoms with E-state index < -0.39 is 0 Å². The Bertz CT molecular complexity index is 399. The van der Waals surface area contributed by atoms with Crippen LogP contribution in [0.3, 0.4) is 0 Å². The molecular formula is C14H21BrN2O. The highest BCUT2D eigenvalue weighted by atomic mass is 79.9. The molecular weight excluding hydrogens is 292 g/mol. The molecule has 100 valence electrons. The lowest BCUT2D eigenvalue weighted by Gasteiger charge is -2.22. The van der Waals surface area contributed by atoms with Gasteiger partial charge in [0, 0.05) is 17.6 Å². The molecule has 0 amide bonds. The van der Waals surface area contributed by atoms with E-state index >= 15 is 0 Å². The van der Waals surface area contributed by atoms with Gasteiger partial charge in [-0.3, -0.25) is 4.90 Å². The maximum Gasteiger partial charge on any atom is 0.120 e. The summed E-state index contributed by atoms with van der Waals surface area (Å²) in [7, 11) is 0. The molecule has 1 unspecified atom stereocenters. The normalized spacial score (nSPS) is 24.4. The highest BCUT2D eigenvalue weighted by Gasteiger charge is 2.31. The first-order valence-electron chi connectivity index (χ1n) is 6.42. The van der Waals surface area contributed by atoms with Gasteiger partial charge in [-0.05, 0) is 43.1 Å². The minimum Gasteiger partial charge on any atom is -0.492 e. The monoisotopic (exact) mass is 312 g/mol. The third-order valence-corrected chi connectivity index (χ3v) is 4.10. The lowest BCUT2D eigenvalue weighted by Crippen LogP contribution is -2.33. The zero-order valence-electron chi connectivity index (χ0n) is 10.9. The van der Waals surface area contributed by atoms with Crippen LogP contribution in [-0.2, 0) is 0 Å². The van der Waals surface area contributed by atoms with Gasteiger partial charge in [0.05, 0.1) is 0 Å². The molecule has 0 radical (unpaired) electrons. The molecule has 0 spiro atoms. The Morgan fingerprint density at radius 3 is 3.00 bits per heavy atom. The number of nitrogens with two attached hydrogens (primary N) is 1. The minimum absolute atomic E-state index is 0.301. The molecule has 0 bridgehead atoms. The Morgan fingerprint density at radius 2 is 2.33 bits per heavy atom. The van der Waals surface area contributed by atoms with Gasteiger partial charge in [-0.1, -0.05) is 28.9 Å². The first kappa shape index (κ1) is 13.8. The van der Waals surface area contributed by atoms with Crippen LogP contribution in [0.15, 0.2) is 28.7 Å². The molecule has 1 aromatic rings. The smallest absolute Gasteiger partial charge is 0.120 e. The third kappa shape index (κ3) is 3.70. The van der Waals surface area contributed by atoms with Crippen molar-refractivity contribution in [3.05, 3.63) is 28.7 Å². The predicted octanol–water partition coefficient (Wildman–Crippen LogP) is 2.50. The minimum atomic E-state index is 0.301. The molecule has 0 saturated carbocycles. The molecule has 1 aromatic carbocycles. The first-order valence-corrected chi connectivity index (χ1v) is 7.21. The average Bonchev–Trinajstić information content (AvgIpc) is 2.72. The van der Waals surface area contributed by atoms with Crippen LogP contribution < -0.4 is 10.5 Å². The molecule has 2 N–H and O–H groups in total. The summed E-state index contributed by atoms with van der Waals surface area (Å²) < 4.78 is 6.80. The Labute approximate surface area is 117 Å². The van der Waals surface area contributed by atoms with Crippen molar-refractivity contribution in [2.75, 3.05) is 32.8 Å². The summed E-state index contributed by atoms with van der Waals surface area (Å²) in [6, 6.07) is 7.97. The zero-order chi connectivity index (χ0) is 13.0. The van der Waals surface area contributed by atoms with Crippen LogP contribution in [-0.4, -0.2) is 37.7 Å². The number of halogens is 1. The van der Waals surface area contributed by atoms with E-state index in [1.165, 1.54) is 6.42 Å². The van der Waals surface area contributed by atoms with Crippen molar-refractivity contribution < 1.29 is 4.74 Å². The lowest BCUT2D eigenvalue weighted by molar-refractivity contribution is 0.219. The summed E-state index contributed by atoms with van der Waals surface area (Å²) in [5.41, 5.74) is 6.10. The van der Waals surface area contributed by atoms with Crippen LogP contribution >= 0.6 is 15.9 Å². The van der Waals surface area contributed by atoms with E-state index in [2.05, 4.69) is 27.8 Å². The van der Waals surface area contributed by atoms with Crippen LogP contribution in [0.2, 0.25) is 0 Å². The van der Waals surface area contributed by atoms with Crippen LogP contribution in [0.4, 0.5) is 0 Å².